The van der Waals surface area contributed by atoms with Crippen LogP contribution in [0.5, 0.6) is 0 Å². The summed E-state index contributed by atoms with van der Waals surface area (Å²) in [4.78, 5) is 30.7. The lowest BCUT2D eigenvalue weighted by atomic mass is 10.1. The van der Waals surface area contributed by atoms with Crippen LogP contribution in [0.25, 0.3) is 21.8 Å². The number of hydrogen-bond donors (Lipinski definition) is 2. The number of hydrogen-bond acceptors (Lipinski definition) is 3. The van der Waals surface area contributed by atoms with Crippen LogP contribution >= 0.6 is 0 Å². The minimum absolute atomic E-state index is 0.000853. The highest BCUT2D eigenvalue weighted by molar-refractivity contribution is 6.11. The Morgan fingerprint density at radius 1 is 1.09 bits per heavy atom. The minimum atomic E-state index is -0.544. The number of likely N-dealkylation sites (tertiary alicyclic amines) is 1. The van der Waals surface area contributed by atoms with Gasteiger partial charge in [0.15, 0.2) is 5.96 Å². The van der Waals surface area contributed by atoms with E-state index in [1.165, 1.54) is 0 Å². The predicted octanol–water partition coefficient (Wildman–Crippen LogP) is 3.61. The van der Waals surface area contributed by atoms with E-state index in [0.717, 1.165) is 34.6 Å². The van der Waals surface area contributed by atoms with E-state index in [4.69, 9.17) is 16.2 Å². The molecule has 4 rings (SSSR count). The minimum Gasteiger partial charge on any atom is -0.444 e. The van der Waals surface area contributed by atoms with Gasteiger partial charge in [0.05, 0.1) is 6.04 Å². The van der Waals surface area contributed by atoms with E-state index in [0.29, 0.717) is 18.7 Å². The second-order valence-electron chi connectivity index (χ2n) is 9.17. The van der Waals surface area contributed by atoms with Crippen LogP contribution in [0.2, 0.25) is 0 Å². The lowest BCUT2D eigenvalue weighted by Gasteiger charge is -2.29. The second kappa shape index (κ2) is 8.18. The lowest BCUT2D eigenvalue weighted by Crippen LogP contribution is -2.41. The maximum Gasteiger partial charge on any atom is 0.410 e. The molecule has 1 aromatic heterocycles. The standard InChI is InChI=1S/C24H29N5O3/c1-24(2,3)32-23(31)28-12-6-7-16(28)14-29-19-9-5-4-8-17(19)18-11-10-15(13-20(18)29)21(30)27-22(25)26/h4-5,8-11,13,16H,6-7,12,14H2,1-3H3,(H4,25,26,27,30)/t16-/m0/s1. The number of carbonyl (C=O) groups is 2. The molecule has 1 atom stereocenters. The molecule has 1 fully saturated rings. The molecular formula is C24H29N5O3. The monoisotopic (exact) mass is 435 g/mol. The molecule has 1 aliphatic heterocycles. The Labute approximate surface area is 186 Å². The van der Waals surface area contributed by atoms with Gasteiger partial charge in [-0.1, -0.05) is 24.3 Å². The third-order valence-corrected chi connectivity index (χ3v) is 5.65. The summed E-state index contributed by atoms with van der Waals surface area (Å²) in [6.45, 7) is 6.89. The van der Waals surface area contributed by atoms with Gasteiger partial charge in [-0.05, 0) is 51.8 Å². The van der Waals surface area contributed by atoms with Crippen LogP contribution in [0, 0.1) is 0 Å². The summed E-state index contributed by atoms with van der Waals surface area (Å²) >= 11 is 0. The topological polar surface area (TPSA) is 116 Å². The van der Waals surface area contributed by atoms with E-state index in [2.05, 4.69) is 21.7 Å². The van der Waals surface area contributed by atoms with Gasteiger partial charge in [0.2, 0.25) is 0 Å². The highest BCUT2D eigenvalue weighted by Gasteiger charge is 2.33. The van der Waals surface area contributed by atoms with E-state index in [1.807, 2.05) is 49.9 Å². The Kier molecular flexibility index (Phi) is 5.54. The van der Waals surface area contributed by atoms with Crippen molar-refractivity contribution in [3.05, 3.63) is 48.0 Å². The number of fused-ring (bicyclic) bond motifs is 3. The molecule has 0 aliphatic carbocycles. The number of rotatable bonds is 3. The van der Waals surface area contributed by atoms with Crippen molar-refractivity contribution in [2.24, 2.45) is 16.5 Å². The number of aromatic nitrogens is 1. The van der Waals surface area contributed by atoms with Crippen molar-refractivity contribution in [3.8, 4) is 0 Å². The SMILES string of the molecule is CC(C)(C)OC(=O)N1CCC[C@H]1Cn1c2ccccc2c2ccc(C(=O)N=C(N)N)cc21. The Morgan fingerprint density at radius 3 is 2.53 bits per heavy atom. The number of benzene rings is 2. The number of guanidine groups is 1. The summed E-state index contributed by atoms with van der Waals surface area (Å²) in [6, 6.07) is 13.6. The molecule has 1 aliphatic rings. The quantitative estimate of drug-likeness (QED) is 0.482. The molecule has 32 heavy (non-hydrogen) atoms. The van der Waals surface area contributed by atoms with Crippen LogP contribution < -0.4 is 11.5 Å². The lowest BCUT2D eigenvalue weighted by molar-refractivity contribution is 0.0215. The zero-order valence-corrected chi connectivity index (χ0v) is 18.7. The van der Waals surface area contributed by atoms with Crippen LogP contribution in [0.1, 0.15) is 44.0 Å². The summed E-state index contributed by atoms with van der Waals surface area (Å²) < 4.78 is 7.80. The molecule has 0 saturated carbocycles. The molecule has 2 heterocycles. The van der Waals surface area contributed by atoms with Gasteiger partial charge in [-0.2, -0.15) is 4.99 Å². The number of para-hydroxylation sites is 1. The van der Waals surface area contributed by atoms with Gasteiger partial charge in [-0.3, -0.25) is 4.79 Å². The number of ether oxygens (including phenoxy) is 1. The summed E-state index contributed by atoms with van der Waals surface area (Å²) in [6.07, 6.45) is 1.53. The summed E-state index contributed by atoms with van der Waals surface area (Å²) in [5.74, 6) is -0.755. The van der Waals surface area contributed by atoms with E-state index in [-0.39, 0.29) is 18.1 Å². The van der Waals surface area contributed by atoms with Gasteiger partial charge >= 0.3 is 6.09 Å². The fourth-order valence-corrected chi connectivity index (χ4v) is 4.36. The molecule has 1 saturated heterocycles. The highest BCUT2D eigenvalue weighted by Crippen LogP contribution is 2.32. The van der Waals surface area contributed by atoms with Crippen molar-refractivity contribution in [1.29, 1.82) is 0 Å². The smallest absolute Gasteiger partial charge is 0.410 e. The second-order valence-corrected chi connectivity index (χ2v) is 9.17. The summed E-state index contributed by atoms with van der Waals surface area (Å²) in [7, 11) is 0. The van der Waals surface area contributed by atoms with Gasteiger partial charge in [0.1, 0.15) is 5.60 Å². The van der Waals surface area contributed by atoms with E-state index in [9.17, 15) is 9.59 Å². The maximum absolute atomic E-state index is 12.8. The van der Waals surface area contributed by atoms with Crippen LogP contribution in [0.3, 0.4) is 0 Å². The van der Waals surface area contributed by atoms with E-state index in [1.54, 1.807) is 6.07 Å². The average molecular weight is 436 g/mol. The van der Waals surface area contributed by atoms with Crippen LogP contribution in [0.4, 0.5) is 4.79 Å². The van der Waals surface area contributed by atoms with Crippen LogP contribution in [-0.2, 0) is 11.3 Å². The van der Waals surface area contributed by atoms with Crippen molar-refractivity contribution < 1.29 is 14.3 Å². The molecule has 8 nitrogen and oxygen atoms in total. The normalized spacial score (nSPS) is 16.5. The number of amides is 2. The molecule has 2 amide bonds. The first-order chi connectivity index (χ1) is 15.1. The van der Waals surface area contributed by atoms with E-state index >= 15 is 0 Å². The maximum atomic E-state index is 12.8. The Balaban J connectivity index is 1.75. The number of nitrogens with zero attached hydrogens (tertiary/aromatic N) is 3. The molecule has 3 aromatic rings. The number of carbonyl (C=O) groups excluding carboxylic acids is 2. The number of nitrogens with two attached hydrogens (primary N) is 2. The molecule has 0 bridgehead atoms. The van der Waals surface area contributed by atoms with Gasteiger partial charge < -0.3 is 25.7 Å². The number of aliphatic imine (C=N–C) groups is 1. The first kappa shape index (κ1) is 21.7. The average Bonchev–Trinajstić information content (AvgIpc) is 3.30. The third kappa shape index (κ3) is 4.26. The Hall–Kier alpha value is -3.55. The van der Waals surface area contributed by atoms with Crippen molar-refractivity contribution in [3.63, 3.8) is 0 Å². The molecule has 0 unspecified atom stereocenters. The van der Waals surface area contributed by atoms with Gasteiger partial charge in [0, 0.05) is 40.5 Å². The zero-order valence-electron chi connectivity index (χ0n) is 18.7. The van der Waals surface area contributed by atoms with Crippen molar-refractivity contribution in [2.45, 2.75) is 51.8 Å². The third-order valence-electron chi connectivity index (χ3n) is 5.65. The van der Waals surface area contributed by atoms with Gasteiger partial charge in [-0.25, -0.2) is 4.79 Å². The molecule has 0 radical (unpaired) electrons. The molecule has 4 N–H and O–H groups in total. The van der Waals surface area contributed by atoms with Gasteiger partial charge in [0.25, 0.3) is 5.91 Å². The zero-order chi connectivity index (χ0) is 23.0. The van der Waals surface area contributed by atoms with Crippen molar-refractivity contribution in [1.82, 2.24) is 9.47 Å². The largest absolute Gasteiger partial charge is 0.444 e. The van der Waals surface area contributed by atoms with Crippen molar-refractivity contribution in [2.75, 3.05) is 6.54 Å². The molecular weight excluding hydrogens is 406 g/mol. The molecule has 8 heteroatoms. The summed E-state index contributed by atoms with van der Waals surface area (Å²) in [5.41, 5.74) is 12.6. The van der Waals surface area contributed by atoms with Crippen LogP contribution in [0.15, 0.2) is 47.5 Å². The highest BCUT2D eigenvalue weighted by atomic mass is 16.6. The summed E-state index contributed by atoms with van der Waals surface area (Å²) in [5, 5.41) is 2.12. The van der Waals surface area contributed by atoms with Crippen molar-refractivity contribution >= 4 is 39.8 Å². The fraction of sp³-hybridized carbons (Fsp3) is 0.375. The molecule has 0 spiro atoms. The fourth-order valence-electron chi connectivity index (χ4n) is 4.36. The Morgan fingerprint density at radius 2 is 1.81 bits per heavy atom. The predicted molar refractivity (Wildman–Crippen MR) is 126 cm³/mol. The molecule has 168 valence electrons. The Bertz CT molecular complexity index is 1220. The van der Waals surface area contributed by atoms with Crippen LogP contribution in [-0.4, -0.2) is 45.6 Å². The van der Waals surface area contributed by atoms with Gasteiger partial charge in [-0.15, -0.1) is 0 Å². The van der Waals surface area contributed by atoms with E-state index < -0.39 is 11.5 Å². The first-order valence-corrected chi connectivity index (χ1v) is 10.8. The first-order valence-electron chi connectivity index (χ1n) is 10.8. The molecule has 2 aromatic carbocycles.